The molecule has 5 rings (SSSR count). The van der Waals surface area contributed by atoms with Gasteiger partial charge in [-0.05, 0) is 37.1 Å². The monoisotopic (exact) mass is 373 g/mol. The highest BCUT2D eigenvalue weighted by molar-refractivity contribution is 5.86. The van der Waals surface area contributed by atoms with Crippen LogP contribution in [0.2, 0.25) is 0 Å². The molecule has 0 bridgehead atoms. The van der Waals surface area contributed by atoms with Gasteiger partial charge in [-0.15, -0.1) is 10.2 Å². The third-order valence-electron chi connectivity index (χ3n) is 5.86. The molecule has 1 aliphatic carbocycles. The van der Waals surface area contributed by atoms with Crippen LogP contribution >= 0.6 is 0 Å². The van der Waals surface area contributed by atoms with Gasteiger partial charge in [-0.25, -0.2) is 4.98 Å². The predicted molar refractivity (Wildman–Crippen MR) is 109 cm³/mol. The Morgan fingerprint density at radius 1 is 1.00 bits per heavy atom. The zero-order chi connectivity index (χ0) is 19.0. The Hall–Kier alpha value is -2.99. The summed E-state index contributed by atoms with van der Waals surface area (Å²) in [5.41, 5.74) is 8.59. The maximum atomic E-state index is 6.27. The van der Waals surface area contributed by atoms with Crippen molar-refractivity contribution in [2.75, 3.05) is 13.2 Å². The molecule has 0 unspecified atom stereocenters. The van der Waals surface area contributed by atoms with Crippen molar-refractivity contribution in [3.8, 4) is 17.3 Å². The Balaban J connectivity index is 1.53. The van der Waals surface area contributed by atoms with Crippen LogP contribution in [0.5, 0.6) is 5.75 Å². The van der Waals surface area contributed by atoms with Crippen LogP contribution in [-0.4, -0.2) is 32.7 Å². The molecule has 0 saturated heterocycles. The van der Waals surface area contributed by atoms with Crippen molar-refractivity contribution in [3.63, 3.8) is 0 Å². The lowest BCUT2D eigenvalue weighted by molar-refractivity contribution is 0.158. The average molecular weight is 373 g/mol. The molecule has 4 aromatic rings. The molecule has 28 heavy (non-hydrogen) atoms. The molecule has 1 aliphatic rings. The van der Waals surface area contributed by atoms with Crippen molar-refractivity contribution >= 4 is 16.6 Å². The molecule has 6 nitrogen and oxygen atoms in total. The Morgan fingerprint density at radius 3 is 2.75 bits per heavy atom. The van der Waals surface area contributed by atoms with Crippen molar-refractivity contribution in [2.24, 2.45) is 11.1 Å². The smallest absolute Gasteiger partial charge is 0.187 e. The van der Waals surface area contributed by atoms with Crippen molar-refractivity contribution in [2.45, 2.75) is 25.7 Å². The van der Waals surface area contributed by atoms with Crippen LogP contribution in [0.3, 0.4) is 0 Å². The van der Waals surface area contributed by atoms with Crippen LogP contribution in [-0.2, 0) is 0 Å². The maximum Gasteiger partial charge on any atom is 0.187 e. The molecule has 3 heterocycles. The standard InChI is InChI=1S/C22H23N5O/c23-14-22(11-2-3-12-22)15-28-18-7-5-6-16-9-10-17(24-20(16)18)21-26-25-19-8-1-4-13-27(19)21/h1,4-10,13H,2-3,11-12,14-15,23H2. The lowest BCUT2D eigenvalue weighted by Crippen LogP contribution is -2.33. The highest BCUT2D eigenvalue weighted by Gasteiger charge is 2.33. The van der Waals surface area contributed by atoms with Gasteiger partial charge in [0, 0.05) is 23.5 Å². The van der Waals surface area contributed by atoms with E-state index in [1.165, 1.54) is 12.8 Å². The van der Waals surface area contributed by atoms with E-state index in [1.807, 2.05) is 47.0 Å². The average Bonchev–Trinajstić information content (AvgIpc) is 3.39. The first-order valence-electron chi connectivity index (χ1n) is 9.81. The first-order chi connectivity index (χ1) is 13.8. The van der Waals surface area contributed by atoms with Gasteiger partial charge in [0.2, 0.25) is 0 Å². The number of pyridine rings is 2. The van der Waals surface area contributed by atoms with E-state index >= 15 is 0 Å². The highest BCUT2D eigenvalue weighted by atomic mass is 16.5. The summed E-state index contributed by atoms with van der Waals surface area (Å²) < 4.78 is 8.22. The van der Waals surface area contributed by atoms with Gasteiger partial charge in [0.15, 0.2) is 11.5 Å². The number of rotatable bonds is 5. The molecule has 1 fully saturated rings. The summed E-state index contributed by atoms with van der Waals surface area (Å²) in [6, 6.07) is 15.9. The lowest BCUT2D eigenvalue weighted by Gasteiger charge is -2.27. The van der Waals surface area contributed by atoms with E-state index in [0.29, 0.717) is 13.2 Å². The molecular weight excluding hydrogens is 350 g/mol. The number of benzene rings is 1. The van der Waals surface area contributed by atoms with Crippen LogP contribution in [0.25, 0.3) is 28.1 Å². The van der Waals surface area contributed by atoms with Crippen molar-refractivity contribution in [3.05, 3.63) is 54.7 Å². The minimum absolute atomic E-state index is 0.100. The van der Waals surface area contributed by atoms with Crippen LogP contribution in [0.1, 0.15) is 25.7 Å². The number of nitrogens with zero attached hydrogens (tertiary/aromatic N) is 4. The third-order valence-corrected chi connectivity index (χ3v) is 5.86. The van der Waals surface area contributed by atoms with Gasteiger partial charge >= 0.3 is 0 Å². The minimum Gasteiger partial charge on any atom is -0.491 e. The van der Waals surface area contributed by atoms with Crippen molar-refractivity contribution in [1.29, 1.82) is 0 Å². The van der Waals surface area contributed by atoms with E-state index in [2.05, 4.69) is 22.3 Å². The fourth-order valence-electron chi connectivity index (χ4n) is 4.14. The first-order valence-corrected chi connectivity index (χ1v) is 9.81. The maximum absolute atomic E-state index is 6.27. The molecule has 0 atom stereocenters. The lowest BCUT2D eigenvalue weighted by atomic mass is 9.87. The second kappa shape index (κ2) is 6.87. The predicted octanol–water partition coefficient (Wildman–Crippen LogP) is 3.84. The SMILES string of the molecule is NCC1(COc2cccc3ccc(-c4nnc5ccccn45)nc23)CCCC1. The summed E-state index contributed by atoms with van der Waals surface area (Å²) in [6.07, 6.45) is 6.69. The fraction of sp³-hybridized carbons (Fsp3) is 0.318. The molecule has 0 amide bonds. The molecule has 0 radical (unpaired) electrons. The Bertz CT molecular complexity index is 1130. The van der Waals surface area contributed by atoms with E-state index in [9.17, 15) is 0 Å². The summed E-state index contributed by atoms with van der Waals surface area (Å²) in [7, 11) is 0. The van der Waals surface area contributed by atoms with E-state index in [0.717, 1.165) is 46.7 Å². The van der Waals surface area contributed by atoms with E-state index in [-0.39, 0.29) is 5.41 Å². The number of aromatic nitrogens is 4. The molecule has 1 aromatic carbocycles. The number of para-hydroxylation sites is 1. The van der Waals surface area contributed by atoms with Crippen LogP contribution in [0.4, 0.5) is 0 Å². The number of ether oxygens (including phenoxy) is 1. The summed E-state index contributed by atoms with van der Waals surface area (Å²) in [5.74, 6) is 1.52. The number of hydrogen-bond acceptors (Lipinski definition) is 5. The van der Waals surface area contributed by atoms with Gasteiger partial charge in [0.05, 0.1) is 6.61 Å². The molecule has 0 spiro atoms. The highest BCUT2D eigenvalue weighted by Crippen LogP contribution is 2.38. The second-order valence-corrected chi connectivity index (χ2v) is 7.68. The van der Waals surface area contributed by atoms with Gasteiger partial charge in [-0.3, -0.25) is 4.40 Å². The Kier molecular flexibility index (Phi) is 4.20. The summed E-state index contributed by atoms with van der Waals surface area (Å²) in [6.45, 7) is 1.31. The second-order valence-electron chi connectivity index (χ2n) is 7.68. The molecule has 6 heteroatoms. The quantitative estimate of drug-likeness (QED) is 0.575. The molecule has 0 aliphatic heterocycles. The van der Waals surface area contributed by atoms with Crippen molar-refractivity contribution in [1.82, 2.24) is 19.6 Å². The van der Waals surface area contributed by atoms with Gasteiger partial charge < -0.3 is 10.5 Å². The minimum atomic E-state index is 0.100. The Morgan fingerprint density at radius 2 is 1.89 bits per heavy atom. The number of hydrogen-bond donors (Lipinski definition) is 1. The topological polar surface area (TPSA) is 78.3 Å². The fourth-order valence-corrected chi connectivity index (χ4v) is 4.14. The third kappa shape index (κ3) is 2.90. The summed E-state index contributed by atoms with van der Waals surface area (Å²) in [5, 5.41) is 9.61. The van der Waals surface area contributed by atoms with Crippen molar-refractivity contribution < 1.29 is 4.74 Å². The summed E-state index contributed by atoms with van der Waals surface area (Å²) in [4.78, 5) is 4.88. The van der Waals surface area contributed by atoms with Crippen LogP contribution in [0.15, 0.2) is 54.7 Å². The first kappa shape index (κ1) is 17.1. The van der Waals surface area contributed by atoms with Crippen LogP contribution < -0.4 is 10.5 Å². The number of nitrogens with two attached hydrogens (primary N) is 1. The van der Waals surface area contributed by atoms with Gasteiger partial charge in [-0.1, -0.05) is 37.1 Å². The van der Waals surface area contributed by atoms with E-state index in [4.69, 9.17) is 15.5 Å². The molecule has 1 saturated carbocycles. The van der Waals surface area contributed by atoms with Crippen LogP contribution in [0, 0.1) is 5.41 Å². The molecule has 142 valence electrons. The normalized spacial score (nSPS) is 16.0. The van der Waals surface area contributed by atoms with Gasteiger partial charge in [0.25, 0.3) is 0 Å². The molecule has 2 N–H and O–H groups in total. The largest absolute Gasteiger partial charge is 0.491 e. The molecular formula is C22H23N5O. The number of fused-ring (bicyclic) bond motifs is 2. The zero-order valence-electron chi connectivity index (χ0n) is 15.7. The van der Waals surface area contributed by atoms with Gasteiger partial charge in [0.1, 0.15) is 17.0 Å². The molecule has 3 aromatic heterocycles. The summed E-state index contributed by atoms with van der Waals surface area (Å²) >= 11 is 0. The van der Waals surface area contributed by atoms with E-state index in [1.54, 1.807) is 0 Å². The zero-order valence-corrected chi connectivity index (χ0v) is 15.7. The van der Waals surface area contributed by atoms with Gasteiger partial charge in [-0.2, -0.15) is 0 Å². The van der Waals surface area contributed by atoms with E-state index < -0.39 is 0 Å². The Labute approximate surface area is 163 Å².